The number of nitrogens with zero attached hydrogens (tertiary/aromatic N) is 1. The first-order valence-electron chi connectivity index (χ1n) is 10.5. The topological polar surface area (TPSA) is 109 Å². The van der Waals surface area contributed by atoms with E-state index < -0.39 is 23.6 Å². The summed E-state index contributed by atoms with van der Waals surface area (Å²) in [5.41, 5.74) is 2.84. The molecular weight excluding hydrogens is 477 g/mol. The van der Waals surface area contributed by atoms with E-state index in [1.165, 1.54) is 12.3 Å². The van der Waals surface area contributed by atoms with E-state index in [9.17, 15) is 27.6 Å². The Labute approximate surface area is 204 Å². The molecule has 0 saturated carbocycles. The molecule has 186 valence electrons. The lowest BCUT2D eigenvalue weighted by Crippen LogP contribution is -2.32. The van der Waals surface area contributed by atoms with Crippen molar-refractivity contribution >= 4 is 35.3 Å². The quantitative estimate of drug-likeness (QED) is 0.259. The van der Waals surface area contributed by atoms with E-state index in [1.54, 1.807) is 30.3 Å². The minimum Gasteiger partial charge on any atom is -0.483 e. The van der Waals surface area contributed by atoms with Crippen LogP contribution in [-0.4, -0.2) is 30.5 Å². The number of anilines is 2. The van der Waals surface area contributed by atoms with Crippen molar-refractivity contribution in [3.8, 4) is 5.75 Å². The average Bonchev–Trinajstić information content (AvgIpc) is 2.83. The van der Waals surface area contributed by atoms with Crippen LogP contribution >= 0.6 is 0 Å². The van der Waals surface area contributed by atoms with E-state index in [0.717, 1.165) is 17.7 Å². The van der Waals surface area contributed by atoms with Crippen molar-refractivity contribution in [1.82, 2.24) is 5.43 Å². The van der Waals surface area contributed by atoms with Crippen molar-refractivity contribution in [1.29, 1.82) is 0 Å². The standard InChI is InChI=1S/C25H21F3N4O4/c1-16-6-4-9-19(12-16)30-22(33)15-36-21-11-3-2-7-17(21)14-29-32-24(35)23(34)31-20-10-5-8-18(13-20)25(26,27)28/h2-14H,15H2,1H3,(H,30,33)(H,31,34)(H,32,35)/b29-14-. The molecule has 0 heterocycles. The number of para-hydroxylation sites is 1. The van der Waals surface area contributed by atoms with Crippen LogP contribution in [0, 0.1) is 6.92 Å². The Morgan fingerprint density at radius 1 is 0.889 bits per heavy atom. The summed E-state index contributed by atoms with van der Waals surface area (Å²) in [5.74, 6) is -2.49. The summed E-state index contributed by atoms with van der Waals surface area (Å²) >= 11 is 0. The van der Waals surface area contributed by atoms with E-state index in [1.807, 2.05) is 30.5 Å². The molecule has 36 heavy (non-hydrogen) atoms. The van der Waals surface area contributed by atoms with Gasteiger partial charge < -0.3 is 15.4 Å². The van der Waals surface area contributed by atoms with Gasteiger partial charge in [0.25, 0.3) is 5.91 Å². The number of aryl methyl sites for hydroxylation is 1. The lowest BCUT2D eigenvalue weighted by Gasteiger charge is -2.10. The molecule has 0 aliphatic rings. The van der Waals surface area contributed by atoms with E-state index in [-0.39, 0.29) is 18.2 Å². The van der Waals surface area contributed by atoms with E-state index in [2.05, 4.69) is 15.7 Å². The molecule has 0 aliphatic heterocycles. The van der Waals surface area contributed by atoms with Crippen LogP contribution < -0.4 is 20.8 Å². The summed E-state index contributed by atoms with van der Waals surface area (Å²) in [6.45, 7) is 1.61. The highest BCUT2D eigenvalue weighted by atomic mass is 19.4. The fraction of sp³-hybridized carbons (Fsp3) is 0.120. The molecule has 0 fully saturated rings. The summed E-state index contributed by atoms with van der Waals surface area (Å²) in [6, 6.07) is 17.7. The van der Waals surface area contributed by atoms with Crippen LogP contribution in [0.3, 0.4) is 0 Å². The first kappa shape index (κ1) is 25.9. The largest absolute Gasteiger partial charge is 0.483 e. The Hall–Kier alpha value is -4.67. The number of ether oxygens (including phenoxy) is 1. The molecule has 3 amide bonds. The van der Waals surface area contributed by atoms with Gasteiger partial charge in [-0.25, -0.2) is 5.43 Å². The monoisotopic (exact) mass is 498 g/mol. The molecule has 8 nitrogen and oxygen atoms in total. The van der Waals surface area contributed by atoms with E-state index in [0.29, 0.717) is 23.1 Å². The fourth-order valence-electron chi connectivity index (χ4n) is 2.95. The van der Waals surface area contributed by atoms with Crippen LogP contribution in [0.15, 0.2) is 77.9 Å². The Morgan fingerprint density at radius 2 is 1.58 bits per heavy atom. The maximum absolute atomic E-state index is 12.8. The minimum atomic E-state index is -4.59. The number of nitrogens with one attached hydrogen (secondary N) is 3. The highest BCUT2D eigenvalue weighted by Crippen LogP contribution is 2.30. The Kier molecular flexibility index (Phi) is 8.39. The van der Waals surface area contributed by atoms with Gasteiger partial charge in [-0.15, -0.1) is 0 Å². The van der Waals surface area contributed by atoms with Crippen molar-refractivity contribution in [3.63, 3.8) is 0 Å². The molecule has 3 N–H and O–H groups in total. The van der Waals surface area contributed by atoms with Crippen molar-refractivity contribution in [2.45, 2.75) is 13.1 Å². The highest BCUT2D eigenvalue weighted by Gasteiger charge is 2.30. The number of benzene rings is 3. The maximum atomic E-state index is 12.8. The second-order valence-electron chi connectivity index (χ2n) is 7.48. The zero-order valence-electron chi connectivity index (χ0n) is 18.9. The summed E-state index contributed by atoms with van der Waals surface area (Å²) in [6.07, 6.45) is -3.40. The smallest absolute Gasteiger partial charge is 0.416 e. The lowest BCUT2D eigenvalue weighted by molar-refractivity contribution is -0.137. The first-order chi connectivity index (χ1) is 17.1. The van der Waals surface area contributed by atoms with Crippen LogP contribution in [0.4, 0.5) is 24.5 Å². The molecule has 0 atom stereocenters. The predicted octanol–water partition coefficient (Wildman–Crippen LogP) is 4.12. The normalized spacial score (nSPS) is 11.1. The van der Waals surface area contributed by atoms with Crippen LogP contribution in [0.1, 0.15) is 16.7 Å². The van der Waals surface area contributed by atoms with Gasteiger partial charge in [-0.2, -0.15) is 18.3 Å². The second-order valence-corrected chi connectivity index (χ2v) is 7.48. The molecular formula is C25H21F3N4O4. The Bertz CT molecular complexity index is 1290. The molecule has 0 saturated heterocycles. The molecule has 3 aromatic carbocycles. The third kappa shape index (κ3) is 7.69. The van der Waals surface area contributed by atoms with Crippen LogP contribution in [0.5, 0.6) is 5.75 Å². The number of carbonyl (C=O) groups excluding carboxylic acids is 3. The maximum Gasteiger partial charge on any atom is 0.416 e. The van der Waals surface area contributed by atoms with Gasteiger partial charge >= 0.3 is 18.0 Å². The molecule has 0 aromatic heterocycles. The molecule has 3 rings (SSSR count). The Balaban J connectivity index is 1.54. The van der Waals surface area contributed by atoms with Gasteiger partial charge in [-0.05, 0) is 55.0 Å². The van der Waals surface area contributed by atoms with Gasteiger partial charge in [0.05, 0.1) is 11.8 Å². The molecule has 3 aromatic rings. The fourth-order valence-corrected chi connectivity index (χ4v) is 2.95. The minimum absolute atomic E-state index is 0.198. The molecule has 0 aliphatic carbocycles. The Morgan fingerprint density at radius 3 is 2.31 bits per heavy atom. The van der Waals surface area contributed by atoms with Gasteiger partial charge in [0.2, 0.25) is 0 Å². The van der Waals surface area contributed by atoms with Crippen molar-refractivity contribution in [3.05, 3.63) is 89.5 Å². The first-order valence-corrected chi connectivity index (χ1v) is 10.5. The SMILES string of the molecule is Cc1cccc(NC(=O)COc2ccccc2/C=N\NC(=O)C(=O)Nc2cccc(C(F)(F)F)c2)c1. The molecule has 0 spiro atoms. The van der Waals surface area contributed by atoms with E-state index in [4.69, 9.17) is 4.74 Å². The third-order valence-corrected chi connectivity index (χ3v) is 4.60. The van der Waals surface area contributed by atoms with Gasteiger partial charge in [0, 0.05) is 16.9 Å². The van der Waals surface area contributed by atoms with Crippen molar-refractivity contribution in [2.75, 3.05) is 17.2 Å². The van der Waals surface area contributed by atoms with Gasteiger partial charge in [-0.3, -0.25) is 14.4 Å². The van der Waals surface area contributed by atoms with E-state index >= 15 is 0 Å². The molecule has 0 radical (unpaired) electrons. The zero-order chi connectivity index (χ0) is 26.1. The van der Waals surface area contributed by atoms with Crippen molar-refractivity contribution in [2.24, 2.45) is 5.10 Å². The van der Waals surface area contributed by atoms with Gasteiger partial charge in [0.1, 0.15) is 5.75 Å². The van der Waals surface area contributed by atoms with Crippen molar-refractivity contribution < 1.29 is 32.3 Å². The molecule has 0 bridgehead atoms. The van der Waals surface area contributed by atoms with Gasteiger partial charge in [-0.1, -0.05) is 30.3 Å². The summed E-state index contributed by atoms with van der Waals surface area (Å²) < 4.78 is 43.9. The third-order valence-electron chi connectivity index (χ3n) is 4.60. The van der Waals surface area contributed by atoms with Crippen LogP contribution in [0.2, 0.25) is 0 Å². The average molecular weight is 498 g/mol. The number of hydrogen-bond acceptors (Lipinski definition) is 5. The number of amides is 3. The van der Waals surface area contributed by atoms with Gasteiger partial charge in [0.15, 0.2) is 6.61 Å². The molecule has 11 heteroatoms. The number of halogens is 3. The predicted molar refractivity (Wildman–Crippen MR) is 128 cm³/mol. The molecule has 0 unspecified atom stereocenters. The number of hydrogen-bond donors (Lipinski definition) is 3. The number of alkyl halides is 3. The summed E-state index contributed by atoms with van der Waals surface area (Å²) in [7, 11) is 0. The highest BCUT2D eigenvalue weighted by molar-refractivity contribution is 6.39. The number of hydrazone groups is 1. The summed E-state index contributed by atoms with van der Waals surface area (Å²) in [4.78, 5) is 36.1. The lowest BCUT2D eigenvalue weighted by atomic mass is 10.2. The number of rotatable bonds is 7. The summed E-state index contributed by atoms with van der Waals surface area (Å²) in [5, 5.41) is 8.47. The van der Waals surface area contributed by atoms with Crippen LogP contribution in [0.25, 0.3) is 0 Å². The second kappa shape index (κ2) is 11.6. The number of carbonyl (C=O) groups is 3. The zero-order valence-corrected chi connectivity index (χ0v) is 18.9. The van der Waals surface area contributed by atoms with Crippen LogP contribution in [-0.2, 0) is 20.6 Å².